The maximum Gasteiger partial charge on any atom is 0.227 e. The van der Waals surface area contributed by atoms with E-state index in [0.29, 0.717) is 13.2 Å². The maximum absolute atomic E-state index is 12.0. The molecule has 0 aromatic rings. The average Bonchev–Trinajstić information content (AvgIpc) is 2.75. The number of carbonyl (C=O) groups is 1. The largest absolute Gasteiger partial charge is 0.396 e. The van der Waals surface area contributed by atoms with Gasteiger partial charge in [0.15, 0.2) is 0 Å². The van der Waals surface area contributed by atoms with Crippen LogP contribution < -0.4 is 10.6 Å². The van der Waals surface area contributed by atoms with Crippen molar-refractivity contribution in [3.8, 4) is 0 Å². The summed E-state index contributed by atoms with van der Waals surface area (Å²) in [6.45, 7) is 6.11. The normalized spacial score (nSPS) is 25.8. The van der Waals surface area contributed by atoms with Crippen molar-refractivity contribution in [1.82, 2.24) is 10.6 Å². The van der Waals surface area contributed by atoms with E-state index in [2.05, 4.69) is 10.6 Å². The zero-order chi connectivity index (χ0) is 12.7. The second kappa shape index (κ2) is 7.63. The molecular formula is C12H24N2O3. The van der Waals surface area contributed by atoms with E-state index < -0.39 is 0 Å². The Morgan fingerprint density at radius 3 is 2.94 bits per heavy atom. The predicted octanol–water partition coefficient (Wildman–Crippen LogP) is -0.112. The van der Waals surface area contributed by atoms with Gasteiger partial charge in [0.25, 0.3) is 0 Å². The van der Waals surface area contributed by atoms with Gasteiger partial charge in [-0.1, -0.05) is 6.92 Å². The number of amides is 1. The summed E-state index contributed by atoms with van der Waals surface area (Å²) in [6.07, 6.45) is 1.53. The number of rotatable bonds is 7. The Morgan fingerprint density at radius 1 is 1.53 bits per heavy atom. The van der Waals surface area contributed by atoms with Crippen molar-refractivity contribution >= 4 is 5.91 Å². The first-order valence-corrected chi connectivity index (χ1v) is 6.41. The minimum Gasteiger partial charge on any atom is -0.396 e. The van der Waals surface area contributed by atoms with E-state index >= 15 is 0 Å². The lowest BCUT2D eigenvalue weighted by Gasteiger charge is -2.20. The van der Waals surface area contributed by atoms with E-state index in [0.717, 1.165) is 19.4 Å². The van der Waals surface area contributed by atoms with Crippen molar-refractivity contribution in [3.63, 3.8) is 0 Å². The fourth-order valence-corrected chi connectivity index (χ4v) is 2.10. The molecule has 0 spiro atoms. The van der Waals surface area contributed by atoms with Crippen molar-refractivity contribution in [2.75, 3.05) is 26.4 Å². The summed E-state index contributed by atoms with van der Waals surface area (Å²) in [5.74, 6) is -0.0367. The monoisotopic (exact) mass is 244 g/mol. The molecule has 17 heavy (non-hydrogen) atoms. The third-order valence-corrected chi connectivity index (χ3v) is 3.07. The molecule has 3 unspecified atom stereocenters. The van der Waals surface area contributed by atoms with Crippen LogP contribution in [0.2, 0.25) is 0 Å². The van der Waals surface area contributed by atoms with Gasteiger partial charge in [-0.3, -0.25) is 4.79 Å². The number of hydrogen-bond acceptors (Lipinski definition) is 4. The third kappa shape index (κ3) is 4.61. The van der Waals surface area contributed by atoms with Crippen LogP contribution in [0.3, 0.4) is 0 Å². The summed E-state index contributed by atoms with van der Waals surface area (Å²) < 4.78 is 5.34. The molecule has 0 aliphatic carbocycles. The minimum atomic E-state index is -0.0912. The number of ether oxygens (including phenoxy) is 1. The van der Waals surface area contributed by atoms with E-state index in [4.69, 9.17) is 9.84 Å². The highest BCUT2D eigenvalue weighted by Crippen LogP contribution is 2.14. The van der Waals surface area contributed by atoms with E-state index in [1.54, 1.807) is 0 Å². The molecule has 1 saturated heterocycles. The summed E-state index contributed by atoms with van der Waals surface area (Å²) in [6, 6.07) is 0.238. The van der Waals surface area contributed by atoms with E-state index in [1.165, 1.54) is 0 Å². The lowest BCUT2D eigenvalue weighted by Crippen LogP contribution is -2.46. The SMILES string of the molecule is CCNC1COCC1C(=O)NC(C)CCCO. The summed E-state index contributed by atoms with van der Waals surface area (Å²) in [5, 5.41) is 15.0. The minimum absolute atomic E-state index is 0.0545. The first kappa shape index (κ1) is 14.4. The lowest BCUT2D eigenvalue weighted by molar-refractivity contribution is -0.126. The molecule has 5 nitrogen and oxygen atoms in total. The summed E-state index contributed by atoms with van der Waals surface area (Å²) in [7, 11) is 0. The second-order valence-corrected chi connectivity index (χ2v) is 4.58. The van der Waals surface area contributed by atoms with Crippen LogP contribution >= 0.6 is 0 Å². The quantitative estimate of drug-likeness (QED) is 0.584. The fourth-order valence-electron chi connectivity index (χ4n) is 2.10. The van der Waals surface area contributed by atoms with Crippen LogP contribution in [0.1, 0.15) is 26.7 Å². The molecule has 1 amide bonds. The van der Waals surface area contributed by atoms with Crippen LogP contribution in [0.4, 0.5) is 0 Å². The van der Waals surface area contributed by atoms with E-state index in [1.807, 2.05) is 13.8 Å². The van der Waals surface area contributed by atoms with Gasteiger partial charge >= 0.3 is 0 Å². The smallest absolute Gasteiger partial charge is 0.227 e. The Labute approximate surface area is 103 Å². The maximum atomic E-state index is 12.0. The van der Waals surface area contributed by atoms with Crippen molar-refractivity contribution in [2.24, 2.45) is 5.92 Å². The lowest BCUT2D eigenvalue weighted by atomic mass is 10.0. The summed E-state index contributed by atoms with van der Waals surface area (Å²) in [4.78, 5) is 12.0. The number of aliphatic hydroxyl groups excluding tert-OH is 1. The molecule has 1 aliphatic rings. The number of hydrogen-bond donors (Lipinski definition) is 3. The van der Waals surface area contributed by atoms with Gasteiger partial charge in [-0.15, -0.1) is 0 Å². The first-order chi connectivity index (χ1) is 8.19. The molecule has 0 aromatic carbocycles. The summed E-state index contributed by atoms with van der Waals surface area (Å²) >= 11 is 0. The standard InChI is InChI=1S/C12H24N2O3/c1-3-13-11-8-17-7-10(11)12(16)14-9(2)5-4-6-15/h9-11,13,15H,3-8H2,1-2H3,(H,14,16). The highest BCUT2D eigenvalue weighted by atomic mass is 16.5. The molecule has 1 aliphatic heterocycles. The molecule has 3 N–H and O–H groups in total. The molecule has 0 radical (unpaired) electrons. The number of likely N-dealkylation sites (N-methyl/N-ethyl adjacent to an activating group) is 1. The summed E-state index contributed by atoms with van der Waals surface area (Å²) in [5.41, 5.74) is 0. The van der Waals surface area contributed by atoms with Gasteiger partial charge in [-0.25, -0.2) is 0 Å². The zero-order valence-electron chi connectivity index (χ0n) is 10.7. The zero-order valence-corrected chi connectivity index (χ0v) is 10.7. The molecule has 0 aromatic heterocycles. The number of carbonyl (C=O) groups excluding carboxylic acids is 1. The fraction of sp³-hybridized carbons (Fsp3) is 0.917. The van der Waals surface area contributed by atoms with E-state index in [-0.39, 0.29) is 30.5 Å². The molecule has 0 saturated carbocycles. The topological polar surface area (TPSA) is 70.6 Å². The van der Waals surface area contributed by atoms with Crippen LogP contribution in [0.15, 0.2) is 0 Å². The molecule has 1 rings (SSSR count). The van der Waals surface area contributed by atoms with Gasteiger partial charge in [0.2, 0.25) is 5.91 Å². The first-order valence-electron chi connectivity index (χ1n) is 6.41. The van der Waals surface area contributed by atoms with Crippen LogP contribution in [-0.4, -0.2) is 49.5 Å². The Kier molecular flexibility index (Phi) is 6.47. The second-order valence-electron chi connectivity index (χ2n) is 4.58. The van der Waals surface area contributed by atoms with Gasteiger partial charge in [-0.05, 0) is 26.3 Å². The van der Waals surface area contributed by atoms with Crippen molar-refractivity contribution in [3.05, 3.63) is 0 Å². The van der Waals surface area contributed by atoms with Crippen LogP contribution in [-0.2, 0) is 9.53 Å². The van der Waals surface area contributed by atoms with Gasteiger partial charge in [0.05, 0.1) is 19.1 Å². The van der Waals surface area contributed by atoms with Crippen molar-refractivity contribution < 1.29 is 14.6 Å². The van der Waals surface area contributed by atoms with Gasteiger partial charge in [-0.2, -0.15) is 0 Å². The predicted molar refractivity (Wildman–Crippen MR) is 65.7 cm³/mol. The Morgan fingerprint density at radius 2 is 2.29 bits per heavy atom. The van der Waals surface area contributed by atoms with Crippen LogP contribution in [0.5, 0.6) is 0 Å². The number of nitrogens with one attached hydrogen (secondary N) is 2. The third-order valence-electron chi connectivity index (χ3n) is 3.07. The molecule has 100 valence electrons. The van der Waals surface area contributed by atoms with Gasteiger partial charge in [0, 0.05) is 18.7 Å². The van der Waals surface area contributed by atoms with Gasteiger partial charge < -0.3 is 20.5 Å². The molecular weight excluding hydrogens is 220 g/mol. The Hall–Kier alpha value is -0.650. The van der Waals surface area contributed by atoms with Crippen LogP contribution in [0, 0.1) is 5.92 Å². The number of aliphatic hydroxyl groups is 1. The molecule has 5 heteroatoms. The highest BCUT2D eigenvalue weighted by molar-refractivity contribution is 5.80. The van der Waals surface area contributed by atoms with Crippen molar-refractivity contribution in [2.45, 2.75) is 38.8 Å². The molecule has 1 heterocycles. The van der Waals surface area contributed by atoms with E-state index in [9.17, 15) is 4.79 Å². The Bertz CT molecular complexity index is 236. The molecule has 0 bridgehead atoms. The van der Waals surface area contributed by atoms with Gasteiger partial charge in [0.1, 0.15) is 0 Å². The van der Waals surface area contributed by atoms with Crippen molar-refractivity contribution in [1.29, 1.82) is 0 Å². The molecule has 1 fully saturated rings. The highest BCUT2D eigenvalue weighted by Gasteiger charge is 2.33. The molecule has 3 atom stereocenters. The Balaban J connectivity index is 2.35. The average molecular weight is 244 g/mol. The van der Waals surface area contributed by atoms with Crippen LogP contribution in [0.25, 0.3) is 0 Å².